The first-order chi connectivity index (χ1) is 50.2. The minimum Gasteiger partial charge on any atom is -0.455 e. The summed E-state index contributed by atoms with van der Waals surface area (Å²) in [4.78, 5) is 17.5. The SMILES string of the molecule is Cc1c[n+](C)c(-c2c(C)ccc3c2oc2ccc4ccccc4c23)cn1.Cc1cc(C)c2c(oc3ccc4ccccc4c32)c1-c1cncc[n+]1C.Cc1cc2c(oc3ccc4ccccc4c32)c(-c2cncc[n+]2C)c1C.Cc1ccc2c(oc3ccc4ccccc4c32)c1-c1cncc[n+]1C. The highest BCUT2D eigenvalue weighted by molar-refractivity contribution is 6.24. The monoisotopic (exact) mass is 1340 g/mol. The van der Waals surface area contributed by atoms with Gasteiger partial charge in [-0.1, -0.05) is 152 Å². The first-order valence-electron chi connectivity index (χ1n) is 34.8. The summed E-state index contributed by atoms with van der Waals surface area (Å²) in [6, 6.07) is 63.9. The second kappa shape index (κ2) is 25.4. The van der Waals surface area contributed by atoms with E-state index in [0.717, 1.165) is 106 Å². The summed E-state index contributed by atoms with van der Waals surface area (Å²) >= 11 is 0. The van der Waals surface area contributed by atoms with Crippen molar-refractivity contribution in [1.82, 2.24) is 19.9 Å². The fraction of sp³-hybridized carbons (Fsp3) is 0.121. The van der Waals surface area contributed by atoms with Gasteiger partial charge in [0.1, 0.15) is 78.5 Å². The van der Waals surface area contributed by atoms with Crippen molar-refractivity contribution in [2.24, 2.45) is 28.2 Å². The molecule has 498 valence electrons. The highest BCUT2D eigenvalue weighted by Crippen LogP contribution is 2.46. The van der Waals surface area contributed by atoms with Gasteiger partial charge >= 0.3 is 0 Å². The Morgan fingerprint density at radius 2 is 0.650 bits per heavy atom. The van der Waals surface area contributed by atoms with Crippen molar-refractivity contribution in [2.75, 3.05) is 0 Å². The second-order valence-corrected chi connectivity index (χ2v) is 27.2. The Balaban J connectivity index is 0.000000102. The zero-order valence-corrected chi connectivity index (χ0v) is 59.4. The average molecular weight is 1340 g/mol. The van der Waals surface area contributed by atoms with Crippen molar-refractivity contribution < 1.29 is 35.9 Å². The Bertz CT molecular complexity index is 6860. The molecule has 0 atom stereocenters. The summed E-state index contributed by atoms with van der Waals surface area (Å²) < 4.78 is 33.9. The molecule has 12 nitrogen and oxygen atoms in total. The summed E-state index contributed by atoms with van der Waals surface area (Å²) in [6.45, 7) is 14.9. The van der Waals surface area contributed by atoms with Crippen molar-refractivity contribution in [3.05, 3.63) is 289 Å². The normalized spacial score (nSPS) is 11.6. The van der Waals surface area contributed by atoms with Gasteiger partial charge in [0.05, 0.1) is 65.6 Å². The molecule has 8 aromatic heterocycles. The fourth-order valence-corrected chi connectivity index (χ4v) is 15.5. The molecule has 12 heteroatoms. The van der Waals surface area contributed by atoms with Crippen molar-refractivity contribution >= 4 is 131 Å². The van der Waals surface area contributed by atoms with E-state index in [1.54, 1.807) is 18.6 Å². The van der Waals surface area contributed by atoms with E-state index < -0.39 is 0 Å². The maximum Gasteiger partial charge on any atom is 0.234 e. The molecule has 0 saturated carbocycles. The smallest absolute Gasteiger partial charge is 0.234 e. The molecule has 0 radical (unpaired) electrons. The Kier molecular flexibility index (Phi) is 15.7. The van der Waals surface area contributed by atoms with E-state index in [0.29, 0.717) is 0 Å². The van der Waals surface area contributed by atoms with Gasteiger partial charge in [-0.3, -0.25) is 15.0 Å². The summed E-state index contributed by atoms with van der Waals surface area (Å²) in [7, 11) is 8.18. The Labute approximate surface area is 594 Å². The summed E-state index contributed by atoms with van der Waals surface area (Å²) in [5.41, 5.74) is 24.4. The van der Waals surface area contributed by atoms with Crippen LogP contribution in [-0.4, -0.2) is 19.9 Å². The minimum atomic E-state index is 0.923. The van der Waals surface area contributed by atoms with E-state index in [-0.39, 0.29) is 0 Å². The van der Waals surface area contributed by atoms with Crippen LogP contribution >= 0.6 is 0 Å². The fourth-order valence-electron chi connectivity index (χ4n) is 15.5. The molecule has 0 spiro atoms. The number of nitrogens with zero attached hydrogens (tertiary/aromatic N) is 8. The summed E-state index contributed by atoms with van der Waals surface area (Å²) in [6.07, 6.45) is 21.0. The zero-order chi connectivity index (χ0) is 70.5. The van der Waals surface area contributed by atoms with Crippen LogP contribution in [-0.2, 0) is 28.2 Å². The Hall–Kier alpha value is -12.8. The molecule has 0 fully saturated rings. The van der Waals surface area contributed by atoms with Gasteiger partial charge in [0.25, 0.3) is 0 Å². The third kappa shape index (κ3) is 10.7. The van der Waals surface area contributed by atoms with Gasteiger partial charge in [-0.2, -0.15) is 18.3 Å². The van der Waals surface area contributed by atoms with Gasteiger partial charge in [-0.25, -0.2) is 4.98 Å². The van der Waals surface area contributed by atoms with E-state index in [9.17, 15) is 0 Å². The van der Waals surface area contributed by atoms with E-state index in [1.807, 2.05) is 77.6 Å². The average Bonchev–Trinajstić information content (AvgIpc) is 1.62. The molecule has 8 heterocycles. The molecular weight excluding hydrogens is 1270 g/mol. The molecule has 0 N–H and O–H groups in total. The molecule has 0 aliphatic rings. The van der Waals surface area contributed by atoms with Crippen molar-refractivity contribution in [2.45, 2.75) is 48.5 Å². The van der Waals surface area contributed by atoms with Crippen molar-refractivity contribution in [3.8, 4) is 45.0 Å². The highest BCUT2D eigenvalue weighted by Gasteiger charge is 2.28. The molecule has 20 rings (SSSR count). The first kappa shape index (κ1) is 63.6. The van der Waals surface area contributed by atoms with Crippen LogP contribution in [0, 0.1) is 48.5 Å². The lowest BCUT2D eigenvalue weighted by molar-refractivity contribution is -0.661. The predicted octanol–water partition coefficient (Wildman–Crippen LogP) is 20.7. The number of benzene rings is 12. The van der Waals surface area contributed by atoms with E-state index in [2.05, 4.69) is 269 Å². The molecule has 103 heavy (non-hydrogen) atoms. The topological polar surface area (TPSA) is 120 Å². The Morgan fingerprint density at radius 1 is 0.282 bits per heavy atom. The number of aromatic nitrogens is 8. The van der Waals surface area contributed by atoms with Crippen LogP contribution in [0.3, 0.4) is 0 Å². The van der Waals surface area contributed by atoms with Gasteiger partial charge in [-0.05, 0) is 155 Å². The van der Waals surface area contributed by atoms with Crippen LogP contribution in [0.5, 0.6) is 0 Å². The molecule has 12 aromatic carbocycles. The lowest BCUT2D eigenvalue weighted by Crippen LogP contribution is -2.31. The number of furan rings is 4. The number of aryl methyl sites for hydroxylation is 10. The summed E-state index contributed by atoms with van der Waals surface area (Å²) in [5, 5.41) is 19.2. The third-order valence-corrected chi connectivity index (χ3v) is 20.7. The van der Waals surface area contributed by atoms with E-state index in [1.165, 1.54) is 109 Å². The quantitative estimate of drug-likeness (QED) is 0.160. The van der Waals surface area contributed by atoms with Crippen LogP contribution in [0.25, 0.3) is 176 Å². The molecular formula is C91H74N8O4+4. The largest absolute Gasteiger partial charge is 0.455 e. The van der Waals surface area contributed by atoms with Crippen LogP contribution in [0.4, 0.5) is 0 Å². The van der Waals surface area contributed by atoms with Gasteiger partial charge in [0.2, 0.25) is 22.8 Å². The van der Waals surface area contributed by atoms with Gasteiger partial charge in [-0.15, -0.1) is 0 Å². The maximum absolute atomic E-state index is 6.42. The second-order valence-electron chi connectivity index (χ2n) is 27.2. The molecule has 0 unspecified atom stereocenters. The predicted molar refractivity (Wildman–Crippen MR) is 416 cm³/mol. The standard InChI is InChI=1S/3C23H19N2O.C22H17N2O/c1-14-8-10-18-22-17-7-5-4-6-16(17)9-11-20(22)26-23(18)21(14)19-12-24-15(2)13-25(19)3;1-14-12-18-22-17-7-5-4-6-16(17)8-9-20(22)26-23(18)21(15(14)2)19-13-24-10-11-25(19)3;1-14-12-15(2)21-22-17-7-5-4-6-16(17)8-9-19(22)26-23(21)20(14)18-13-24-10-11-25(18)3;1-14-7-9-17-21-16-6-4-3-5-15(16)8-10-19(21)25-22(17)20(14)18-13-23-11-12-24(18)2/h3*4-13H,1-3H3;3-13H,1-2H3/q4*+1. The number of hydrogen-bond donors (Lipinski definition) is 0. The van der Waals surface area contributed by atoms with Crippen LogP contribution in [0.15, 0.2) is 268 Å². The lowest BCUT2D eigenvalue weighted by atomic mass is 9.95. The number of rotatable bonds is 4. The number of fused-ring (bicyclic) bond motifs is 20. The van der Waals surface area contributed by atoms with Crippen LogP contribution in [0.1, 0.15) is 39.1 Å². The van der Waals surface area contributed by atoms with Gasteiger partial charge < -0.3 is 17.7 Å². The van der Waals surface area contributed by atoms with Crippen LogP contribution < -0.4 is 18.3 Å². The minimum absolute atomic E-state index is 0.923. The molecule has 0 aliphatic carbocycles. The zero-order valence-electron chi connectivity index (χ0n) is 59.4. The first-order valence-corrected chi connectivity index (χ1v) is 34.8. The molecule has 20 aromatic rings. The summed E-state index contributed by atoms with van der Waals surface area (Å²) in [5.74, 6) is 0. The van der Waals surface area contributed by atoms with Crippen LogP contribution in [0.2, 0.25) is 0 Å². The molecule has 0 saturated heterocycles. The highest BCUT2D eigenvalue weighted by atomic mass is 16.3. The lowest BCUT2D eigenvalue weighted by Gasteiger charge is -2.08. The van der Waals surface area contributed by atoms with E-state index in [4.69, 9.17) is 17.7 Å². The van der Waals surface area contributed by atoms with Crippen molar-refractivity contribution in [1.29, 1.82) is 0 Å². The van der Waals surface area contributed by atoms with E-state index >= 15 is 0 Å². The molecule has 0 aliphatic heterocycles. The van der Waals surface area contributed by atoms with Crippen molar-refractivity contribution in [3.63, 3.8) is 0 Å². The maximum atomic E-state index is 6.42. The van der Waals surface area contributed by atoms with Gasteiger partial charge in [0.15, 0.2) is 24.8 Å². The molecule has 0 amide bonds. The van der Waals surface area contributed by atoms with Gasteiger partial charge in [0, 0.05) is 43.1 Å². The Morgan fingerprint density at radius 3 is 1.09 bits per heavy atom. The molecule has 0 bridgehead atoms. The number of hydrogen-bond acceptors (Lipinski definition) is 8. The third-order valence-electron chi connectivity index (χ3n) is 20.7.